The molecule has 0 unspecified atom stereocenters. The molecule has 4 heteroatoms. The van der Waals surface area contributed by atoms with Crippen LogP contribution in [0, 0.1) is 0 Å². The van der Waals surface area contributed by atoms with E-state index < -0.39 is 14.2 Å². The van der Waals surface area contributed by atoms with E-state index in [1.807, 2.05) is 0 Å². The molecule has 0 radical (unpaired) electrons. The third kappa shape index (κ3) is 12.3. The predicted octanol–water partition coefficient (Wildman–Crippen LogP) is 2.09. The summed E-state index contributed by atoms with van der Waals surface area (Å²) in [7, 11) is 0. The van der Waals surface area contributed by atoms with Gasteiger partial charge in [-0.05, 0) is 0 Å². The van der Waals surface area contributed by atoms with Gasteiger partial charge in [-0.2, -0.15) is 0 Å². The van der Waals surface area contributed by atoms with Crippen LogP contribution in [0.5, 0.6) is 0 Å². The summed E-state index contributed by atoms with van der Waals surface area (Å²) in [4.78, 5) is 0. The van der Waals surface area contributed by atoms with Crippen molar-refractivity contribution in [1.29, 1.82) is 0 Å². The molecule has 80 valence electrons. The molecular weight excluding hydrogens is 231 g/mol. The molecule has 0 fully saturated rings. The first-order chi connectivity index (χ1) is 6.06. The second-order valence-corrected chi connectivity index (χ2v) is 7.24. The van der Waals surface area contributed by atoms with Crippen LogP contribution in [0.3, 0.4) is 0 Å². The molecule has 0 spiro atoms. The van der Waals surface area contributed by atoms with E-state index in [0.717, 1.165) is 12.8 Å². The van der Waals surface area contributed by atoms with Crippen molar-refractivity contribution >= 4 is 14.2 Å². The number of hydrogen-bond acceptors (Lipinski definition) is 1. The van der Waals surface area contributed by atoms with E-state index in [9.17, 15) is 3.74 Å². The Kier molecular flexibility index (Phi) is 7.82. The quantitative estimate of drug-likeness (QED) is 0.513. The molecule has 0 aromatic carbocycles. The van der Waals surface area contributed by atoms with Gasteiger partial charge in [-0.25, -0.2) is 0 Å². The Bertz CT molecular complexity index is 153. The van der Waals surface area contributed by atoms with E-state index in [-0.39, 0.29) is 5.21 Å². The van der Waals surface area contributed by atoms with Crippen molar-refractivity contribution in [2.45, 2.75) is 57.1 Å². The standard InChI is InChI=1S/C9H21AsO3/c1-2-3-4-5-6-7-8-9-10(11,12)13/h2-9H2,1H3,(H2,11,12,13). The summed E-state index contributed by atoms with van der Waals surface area (Å²) in [6.07, 6.45) is 7.77. The topological polar surface area (TPSA) is 57.5 Å². The molecule has 2 N–H and O–H groups in total. The summed E-state index contributed by atoms with van der Waals surface area (Å²) >= 11 is -4.29. The van der Waals surface area contributed by atoms with E-state index in [4.69, 9.17) is 8.19 Å². The van der Waals surface area contributed by atoms with Crippen LogP contribution in [-0.2, 0) is 3.74 Å². The molecule has 0 aromatic heterocycles. The molecule has 0 saturated heterocycles. The Labute approximate surface area is 83.5 Å². The van der Waals surface area contributed by atoms with Gasteiger partial charge in [-0.3, -0.25) is 0 Å². The zero-order valence-corrected chi connectivity index (χ0v) is 10.3. The van der Waals surface area contributed by atoms with Gasteiger partial charge < -0.3 is 0 Å². The fraction of sp³-hybridized carbons (Fsp3) is 1.00. The molecule has 0 aliphatic carbocycles. The zero-order chi connectivity index (χ0) is 10.2. The van der Waals surface area contributed by atoms with Crippen molar-refractivity contribution in [3.05, 3.63) is 0 Å². The average Bonchev–Trinajstić information content (AvgIpc) is 2.01. The number of hydrogen-bond donors (Lipinski definition) is 2. The molecule has 0 aliphatic rings. The Balaban J connectivity index is 3.04. The molecule has 13 heavy (non-hydrogen) atoms. The zero-order valence-electron chi connectivity index (χ0n) is 8.41. The third-order valence-electron chi connectivity index (χ3n) is 2.05. The summed E-state index contributed by atoms with van der Waals surface area (Å²) < 4.78 is 27.8. The maximum absolute atomic E-state index is 10.5. The van der Waals surface area contributed by atoms with Gasteiger partial charge in [0, 0.05) is 0 Å². The van der Waals surface area contributed by atoms with Crippen LogP contribution in [0.25, 0.3) is 0 Å². The molecule has 0 amide bonds. The second-order valence-electron chi connectivity index (χ2n) is 3.51. The van der Waals surface area contributed by atoms with E-state index in [1.165, 1.54) is 25.7 Å². The molecule has 0 aliphatic heterocycles. The Morgan fingerprint density at radius 1 is 0.923 bits per heavy atom. The van der Waals surface area contributed by atoms with Crippen LogP contribution in [0.2, 0.25) is 5.21 Å². The summed E-state index contributed by atoms with van der Waals surface area (Å²) in [5.41, 5.74) is 0. The number of unbranched alkanes of at least 4 members (excludes halogenated alkanes) is 6. The Morgan fingerprint density at radius 2 is 1.38 bits per heavy atom. The van der Waals surface area contributed by atoms with Crippen molar-refractivity contribution in [3.63, 3.8) is 0 Å². The first-order valence-electron chi connectivity index (χ1n) is 5.11. The molecule has 0 aromatic rings. The van der Waals surface area contributed by atoms with Crippen LogP contribution in [0.1, 0.15) is 51.9 Å². The normalized spacial score (nSPS) is 11.9. The minimum absolute atomic E-state index is 0.117. The van der Waals surface area contributed by atoms with E-state index >= 15 is 0 Å². The average molecular weight is 252 g/mol. The van der Waals surface area contributed by atoms with E-state index in [1.54, 1.807) is 0 Å². The van der Waals surface area contributed by atoms with Gasteiger partial charge >= 0.3 is 83.2 Å². The second kappa shape index (κ2) is 7.66. The van der Waals surface area contributed by atoms with Gasteiger partial charge in [0.2, 0.25) is 0 Å². The summed E-state index contributed by atoms with van der Waals surface area (Å²) in [5, 5.41) is 0.117. The van der Waals surface area contributed by atoms with Crippen molar-refractivity contribution in [2.75, 3.05) is 0 Å². The molecule has 0 bridgehead atoms. The van der Waals surface area contributed by atoms with Gasteiger partial charge in [0.05, 0.1) is 0 Å². The molecule has 0 heterocycles. The van der Waals surface area contributed by atoms with Gasteiger partial charge in [0.25, 0.3) is 0 Å². The molecular formula is C9H21AsO3. The first kappa shape index (κ1) is 13.3. The van der Waals surface area contributed by atoms with E-state index in [0.29, 0.717) is 6.42 Å². The van der Waals surface area contributed by atoms with Crippen LogP contribution >= 0.6 is 0 Å². The van der Waals surface area contributed by atoms with Crippen molar-refractivity contribution in [3.8, 4) is 0 Å². The molecule has 0 atom stereocenters. The fourth-order valence-electron chi connectivity index (χ4n) is 1.27. The predicted molar refractivity (Wildman–Crippen MR) is 53.7 cm³/mol. The Hall–Kier alpha value is 0.278. The van der Waals surface area contributed by atoms with Crippen LogP contribution < -0.4 is 0 Å². The van der Waals surface area contributed by atoms with Crippen molar-refractivity contribution in [1.82, 2.24) is 0 Å². The van der Waals surface area contributed by atoms with Gasteiger partial charge in [-0.1, -0.05) is 0 Å². The maximum atomic E-state index is 10.5. The Morgan fingerprint density at radius 3 is 1.85 bits per heavy atom. The van der Waals surface area contributed by atoms with Crippen LogP contribution in [-0.4, -0.2) is 22.4 Å². The first-order valence-corrected chi connectivity index (χ1v) is 8.88. The van der Waals surface area contributed by atoms with Gasteiger partial charge in [0.15, 0.2) is 0 Å². The summed E-state index contributed by atoms with van der Waals surface area (Å²) in [6.45, 7) is 2.18. The van der Waals surface area contributed by atoms with Gasteiger partial charge in [0.1, 0.15) is 0 Å². The van der Waals surface area contributed by atoms with Crippen LogP contribution in [0.4, 0.5) is 0 Å². The SMILES string of the molecule is CCCCCCCCC[As](=O)(O)O. The molecule has 3 nitrogen and oxygen atoms in total. The van der Waals surface area contributed by atoms with Crippen molar-refractivity contribution < 1.29 is 11.9 Å². The number of rotatable bonds is 8. The summed E-state index contributed by atoms with van der Waals surface area (Å²) in [5.74, 6) is 0. The van der Waals surface area contributed by atoms with E-state index in [2.05, 4.69) is 6.92 Å². The van der Waals surface area contributed by atoms with Crippen LogP contribution in [0.15, 0.2) is 0 Å². The minimum atomic E-state index is -4.29. The summed E-state index contributed by atoms with van der Waals surface area (Å²) in [6, 6.07) is 0. The van der Waals surface area contributed by atoms with Crippen molar-refractivity contribution in [2.24, 2.45) is 0 Å². The third-order valence-corrected chi connectivity index (χ3v) is 3.94. The molecule has 0 saturated carbocycles. The monoisotopic (exact) mass is 252 g/mol. The van der Waals surface area contributed by atoms with Gasteiger partial charge in [-0.15, -0.1) is 0 Å². The molecule has 0 rings (SSSR count). The fourth-order valence-corrected chi connectivity index (χ4v) is 2.61.